The Labute approximate surface area is 93.7 Å². The van der Waals surface area contributed by atoms with Crippen LogP contribution in [0, 0.1) is 5.82 Å². The van der Waals surface area contributed by atoms with Crippen LogP contribution in [-0.4, -0.2) is 13.2 Å². The molecule has 88 valence electrons. The van der Waals surface area contributed by atoms with Gasteiger partial charge in [-0.1, -0.05) is 6.07 Å². The van der Waals surface area contributed by atoms with Gasteiger partial charge in [-0.2, -0.15) is 0 Å². The number of nitrogens with two attached hydrogens (primary N) is 1. The lowest BCUT2D eigenvalue weighted by Gasteiger charge is -2.07. The van der Waals surface area contributed by atoms with Crippen LogP contribution in [0.5, 0.6) is 5.75 Å². The van der Waals surface area contributed by atoms with Crippen LogP contribution in [0.15, 0.2) is 30.1 Å². The van der Waals surface area contributed by atoms with Gasteiger partial charge in [0.25, 0.3) is 0 Å². The fraction of sp³-hybridized carbons (Fsp3) is 0.333. The van der Waals surface area contributed by atoms with Crippen molar-refractivity contribution in [3.8, 4) is 5.75 Å². The van der Waals surface area contributed by atoms with Crippen LogP contribution in [0.25, 0.3) is 0 Å². The van der Waals surface area contributed by atoms with E-state index in [9.17, 15) is 8.78 Å². The number of ether oxygens (including phenoxy) is 1. The topological polar surface area (TPSA) is 35.2 Å². The Balaban J connectivity index is 2.80. The number of hydrogen-bond acceptors (Lipinski definition) is 2. The third-order valence-electron chi connectivity index (χ3n) is 2.14. The summed E-state index contributed by atoms with van der Waals surface area (Å²) in [5.41, 5.74) is 6.43. The SMILES string of the molecule is CCOc1ccc(C/C(=C\F)CN)cc1F. The zero-order valence-electron chi connectivity index (χ0n) is 9.17. The van der Waals surface area contributed by atoms with Crippen molar-refractivity contribution in [1.29, 1.82) is 0 Å². The molecule has 16 heavy (non-hydrogen) atoms. The Morgan fingerprint density at radius 1 is 1.50 bits per heavy atom. The van der Waals surface area contributed by atoms with Gasteiger partial charge in [0.15, 0.2) is 11.6 Å². The van der Waals surface area contributed by atoms with Crippen molar-refractivity contribution in [2.45, 2.75) is 13.3 Å². The average molecular weight is 227 g/mol. The maximum atomic E-state index is 13.4. The minimum Gasteiger partial charge on any atom is -0.491 e. The normalized spacial score (nSPS) is 11.6. The van der Waals surface area contributed by atoms with E-state index in [0.717, 1.165) is 0 Å². The van der Waals surface area contributed by atoms with E-state index in [-0.39, 0.29) is 12.3 Å². The average Bonchev–Trinajstić information content (AvgIpc) is 2.29. The summed E-state index contributed by atoms with van der Waals surface area (Å²) in [5.74, 6) is -0.223. The predicted molar refractivity (Wildman–Crippen MR) is 59.5 cm³/mol. The maximum Gasteiger partial charge on any atom is 0.165 e. The summed E-state index contributed by atoms with van der Waals surface area (Å²) in [5, 5.41) is 0. The second-order valence-corrected chi connectivity index (χ2v) is 3.35. The van der Waals surface area contributed by atoms with E-state index in [2.05, 4.69) is 0 Å². The smallest absolute Gasteiger partial charge is 0.165 e. The van der Waals surface area contributed by atoms with Crippen LogP contribution < -0.4 is 10.5 Å². The highest BCUT2D eigenvalue weighted by atomic mass is 19.1. The largest absolute Gasteiger partial charge is 0.491 e. The lowest BCUT2D eigenvalue weighted by atomic mass is 10.1. The molecule has 0 fully saturated rings. The highest BCUT2D eigenvalue weighted by molar-refractivity contribution is 5.31. The first kappa shape index (κ1) is 12.6. The number of benzene rings is 1. The van der Waals surface area contributed by atoms with Gasteiger partial charge in [0, 0.05) is 6.54 Å². The number of rotatable bonds is 5. The first-order valence-corrected chi connectivity index (χ1v) is 5.10. The maximum absolute atomic E-state index is 13.4. The van der Waals surface area contributed by atoms with E-state index in [1.807, 2.05) is 0 Å². The summed E-state index contributed by atoms with van der Waals surface area (Å²) in [6.07, 6.45) is 0.782. The molecule has 0 heterocycles. The molecule has 0 spiro atoms. The van der Waals surface area contributed by atoms with Crippen LogP contribution >= 0.6 is 0 Å². The van der Waals surface area contributed by atoms with Gasteiger partial charge in [-0.15, -0.1) is 0 Å². The lowest BCUT2D eigenvalue weighted by molar-refractivity contribution is 0.321. The quantitative estimate of drug-likeness (QED) is 0.839. The van der Waals surface area contributed by atoms with Crippen molar-refractivity contribution >= 4 is 0 Å². The fourth-order valence-electron chi connectivity index (χ4n) is 1.34. The van der Waals surface area contributed by atoms with E-state index in [1.165, 1.54) is 6.07 Å². The molecule has 4 heteroatoms. The Hall–Kier alpha value is -1.42. The van der Waals surface area contributed by atoms with Crippen molar-refractivity contribution in [2.24, 2.45) is 5.73 Å². The zero-order chi connectivity index (χ0) is 12.0. The van der Waals surface area contributed by atoms with E-state index < -0.39 is 5.82 Å². The monoisotopic (exact) mass is 227 g/mol. The van der Waals surface area contributed by atoms with Gasteiger partial charge in [-0.05, 0) is 36.6 Å². The van der Waals surface area contributed by atoms with Gasteiger partial charge in [-0.3, -0.25) is 0 Å². The molecule has 0 bridgehead atoms. The van der Waals surface area contributed by atoms with Gasteiger partial charge in [0.1, 0.15) is 0 Å². The van der Waals surface area contributed by atoms with Crippen molar-refractivity contribution in [1.82, 2.24) is 0 Å². The van der Waals surface area contributed by atoms with Crippen LogP contribution in [0.3, 0.4) is 0 Å². The summed E-state index contributed by atoms with van der Waals surface area (Å²) in [6.45, 7) is 2.33. The molecule has 2 nitrogen and oxygen atoms in total. The van der Waals surface area contributed by atoms with Gasteiger partial charge in [0.05, 0.1) is 12.9 Å². The van der Waals surface area contributed by atoms with E-state index in [0.29, 0.717) is 30.5 Å². The van der Waals surface area contributed by atoms with Crippen LogP contribution in [-0.2, 0) is 6.42 Å². The Morgan fingerprint density at radius 2 is 2.25 bits per heavy atom. The molecule has 2 N–H and O–H groups in total. The molecule has 0 aliphatic rings. The molecule has 0 aliphatic heterocycles. The number of halogens is 2. The molecule has 0 saturated heterocycles. The van der Waals surface area contributed by atoms with Crippen LogP contribution in [0.4, 0.5) is 8.78 Å². The highest BCUT2D eigenvalue weighted by Crippen LogP contribution is 2.19. The second kappa shape index (κ2) is 6.23. The van der Waals surface area contributed by atoms with E-state index in [4.69, 9.17) is 10.5 Å². The van der Waals surface area contributed by atoms with Crippen molar-refractivity contribution < 1.29 is 13.5 Å². The lowest BCUT2D eigenvalue weighted by Crippen LogP contribution is -2.05. The molecule has 0 saturated carbocycles. The molecule has 0 radical (unpaired) electrons. The molecule has 1 aromatic carbocycles. The molecule has 0 aliphatic carbocycles. The summed E-state index contributed by atoms with van der Waals surface area (Å²) >= 11 is 0. The van der Waals surface area contributed by atoms with Gasteiger partial charge >= 0.3 is 0 Å². The fourth-order valence-corrected chi connectivity index (χ4v) is 1.34. The minimum atomic E-state index is -0.436. The van der Waals surface area contributed by atoms with Gasteiger partial charge < -0.3 is 10.5 Å². The van der Waals surface area contributed by atoms with Gasteiger partial charge in [-0.25, -0.2) is 8.78 Å². The van der Waals surface area contributed by atoms with Crippen LogP contribution in [0.2, 0.25) is 0 Å². The molecule has 1 rings (SSSR count). The zero-order valence-corrected chi connectivity index (χ0v) is 9.17. The van der Waals surface area contributed by atoms with Crippen molar-refractivity contribution in [3.05, 3.63) is 41.5 Å². The first-order chi connectivity index (χ1) is 7.71. The van der Waals surface area contributed by atoms with Crippen molar-refractivity contribution in [3.63, 3.8) is 0 Å². The first-order valence-electron chi connectivity index (χ1n) is 5.10. The molecule has 0 aromatic heterocycles. The predicted octanol–water partition coefficient (Wildman–Crippen LogP) is 2.58. The van der Waals surface area contributed by atoms with Gasteiger partial charge in [0.2, 0.25) is 0 Å². The Bertz CT molecular complexity index is 377. The molecule has 0 atom stereocenters. The highest BCUT2D eigenvalue weighted by Gasteiger charge is 2.05. The molecule has 1 aromatic rings. The minimum absolute atomic E-state index is 0.130. The Morgan fingerprint density at radius 3 is 2.75 bits per heavy atom. The molecule has 0 unspecified atom stereocenters. The summed E-state index contributed by atoms with van der Waals surface area (Å²) in [6, 6.07) is 4.58. The third kappa shape index (κ3) is 3.31. The van der Waals surface area contributed by atoms with Crippen LogP contribution in [0.1, 0.15) is 12.5 Å². The van der Waals surface area contributed by atoms with E-state index >= 15 is 0 Å². The number of hydrogen-bond donors (Lipinski definition) is 1. The summed E-state index contributed by atoms with van der Waals surface area (Å²) < 4.78 is 30.8. The summed E-state index contributed by atoms with van der Waals surface area (Å²) in [4.78, 5) is 0. The second-order valence-electron chi connectivity index (χ2n) is 3.35. The van der Waals surface area contributed by atoms with Crippen molar-refractivity contribution in [2.75, 3.05) is 13.2 Å². The molecular weight excluding hydrogens is 212 g/mol. The Kier molecular flexibility index (Phi) is 4.92. The molecule has 0 amide bonds. The standard InChI is InChI=1S/C12H15F2NO/c1-2-16-12-4-3-9(6-11(12)14)5-10(7-13)8-15/h3-4,6-7H,2,5,8,15H2,1H3/b10-7+. The van der Waals surface area contributed by atoms with E-state index in [1.54, 1.807) is 19.1 Å². The third-order valence-corrected chi connectivity index (χ3v) is 2.14. The summed E-state index contributed by atoms with van der Waals surface area (Å²) in [7, 11) is 0. The molecular formula is C12H15F2NO.